The molecule has 0 spiro atoms. The molecule has 0 atom stereocenters. The number of halogens is 1. The van der Waals surface area contributed by atoms with Gasteiger partial charge in [0, 0.05) is 35.9 Å². The zero-order valence-electron chi connectivity index (χ0n) is 9.11. The lowest BCUT2D eigenvalue weighted by Gasteiger charge is -2.28. The Hall–Kier alpha value is -0.350. The Morgan fingerprint density at radius 3 is 2.60 bits per heavy atom. The minimum atomic E-state index is 0.346. The summed E-state index contributed by atoms with van der Waals surface area (Å²) >= 11 is 7.57. The van der Waals surface area contributed by atoms with Crippen molar-refractivity contribution in [3.8, 4) is 0 Å². The third kappa shape index (κ3) is 2.61. The average Bonchev–Trinajstić information content (AvgIpc) is 2.68. The van der Waals surface area contributed by atoms with Gasteiger partial charge in [-0.2, -0.15) is 4.37 Å². The van der Waals surface area contributed by atoms with E-state index in [0.29, 0.717) is 11.3 Å². The molecule has 1 aromatic rings. The maximum atomic E-state index is 6.07. The molecule has 0 N–H and O–H groups in total. The van der Waals surface area contributed by atoms with Crippen LogP contribution in [0.1, 0.15) is 38.4 Å². The normalized spacial score (nSPS) is 18.8. The fourth-order valence-electron chi connectivity index (χ4n) is 1.63. The van der Waals surface area contributed by atoms with Crippen molar-refractivity contribution in [1.82, 2.24) is 9.36 Å². The lowest BCUT2D eigenvalue weighted by atomic mass is 10.1. The Morgan fingerprint density at radius 1 is 1.40 bits per heavy atom. The summed E-state index contributed by atoms with van der Waals surface area (Å²) < 4.78 is 4.37. The van der Waals surface area contributed by atoms with Crippen molar-refractivity contribution < 1.29 is 0 Å². The van der Waals surface area contributed by atoms with Crippen LogP contribution in [0.5, 0.6) is 0 Å². The Labute approximate surface area is 99.6 Å². The smallest absolute Gasteiger partial charge is 0.205 e. The predicted octanol–water partition coefficient (Wildman–Crippen LogP) is 2.87. The van der Waals surface area contributed by atoms with E-state index < -0.39 is 0 Å². The summed E-state index contributed by atoms with van der Waals surface area (Å²) in [6.45, 7) is 6.27. The number of hydrogen-bond acceptors (Lipinski definition) is 4. The van der Waals surface area contributed by atoms with E-state index in [9.17, 15) is 0 Å². The van der Waals surface area contributed by atoms with Crippen molar-refractivity contribution in [1.29, 1.82) is 0 Å². The van der Waals surface area contributed by atoms with Crippen LogP contribution in [-0.4, -0.2) is 27.8 Å². The molecule has 2 rings (SSSR count). The molecule has 0 saturated carbocycles. The second-order valence-corrected chi connectivity index (χ2v) is 5.60. The van der Waals surface area contributed by atoms with Gasteiger partial charge in [-0.1, -0.05) is 13.8 Å². The van der Waals surface area contributed by atoms with Gasteiger partial charge in [-0.25, -0.2) is 4.98 Å². The second-order valence-electron chi connectivity index (χ2n) is 4.25. The maximum absolute atomic E-state index is 6.07. The molecular formula is C10H16ClN3S. The first-order chi connectivity index (χ1) is 7.16. The predicted molar refractivity (Wildman–Crippen MR) is 65.1 cm³/mol. The van der Waals surface area contributed by atoms with Crippen LogP contribution in [0.4, 0.5) is 5.13 Å². The van der Waals surface area contributed by atoms with E-state index >= 15 is 0 Å². The molecule has 0 radical (unpaired) electrons. The topological polar surface area (TPSA) is 29.0 Å². The molecule has 1 aromatic heterocycles. The first-order valence-electron chi connectivity index (χ1n) is 5.39. The van der Waals surface area contributed by atoms with Gasteiger partial charge in [0.15, 0.2) is 0 Å². The molecule has 2 heterocycles. The Morgan fingerprint density at radius 2 is 2.07 bits per heavy atom. The molecule has 0 unspecified atom stereocenters. The van der Waals surface area contributed by atoms with Crippen LogP contribution in [0.15, 0.2) is 0 Å². The van der Waals surface area contributed by atoms with Crippen molar-refractivity contribution in [2.75, 3.05) is 18.0 Å². The number of rotatable bonds is 2. The molecule has 15 heavy (non-hydrogen) atoms. The van der Waals surface area contributed by atoms with Gasteiger partial charge in [0.05, 0.1) is 0 Å². The highest BCUT2D eigenvalue weighted by Crippen LogP contribution is 2.25. The Kier molecular flexibility index (Phi) is 3.46. The molecule has 1 fully saturated rings. The summed E-state index contributed by atoms with van der Waals surface area (Å²) in [7, 11) is 0. The summed E-state index contributed by atoms with van der Waals surface area (Å²) in [5, 5.41) is 1.40. The molecule has 0 bridgehead atoms. The van der Waals surface area contributed by atoms with Crippen LogP contribution >= 0.6 is 23.1 Å². The van der Waals surface area contributed by atoms with E-state index in [1.807, 2.05) is 0 Å². The van der Waals surface area contributed by atoms with Crippen LogP contribution in [0.2, 0.25) is 0 Å². The third-order valence-electron chi connectivity index (χ3n) is 2.64. The summed E-state index contributed by atoms with van der Waals surface area (Å²) in [6, 6.07) is 0. The van der Waals surface area contributed by atoms with E-state index in [0.717, 1.165) is 36.9 Å². The summed E-state index contributed by atoms with van der Waals surface area (Å²) in [5.74, 6) is 1.38. The van der Waals surface area contributed by atoms with Gasteiger partial charge in [0.1, 0.15) is 5.82 Å². The number of piperidine rings is 1. The Bertz CT molecular complexity index is 318. The highest BCUT2D eigenvalue weighted by Gasteiger charge is 2.20. The van der Waals surface area contributed by atoms with E-state index in [-0.39, 0.29) is 0 Å². The zero-order chi connectivity index (χ0) is 10.8. The number of anilines is 1. The highest BCUT2D eigenvalue weighted by atomic mass is 35.5. The zero-order valence-corrected chi connectivity index (χ0v) is 10.7. The van der Waals surface area contributed by atoms with Crippen LogP contribution in [0.25, 0.3) is 0 Å². The van der Waals surface area contributed by atoms with Crippen molar-refractivity contribution in [3.05, 3.63) is 5.82 Å². The van der Waals surface area contributed by atoms with Crippen LogP contribution in [-0.2, 0) is 0 Å². The second kappa shape index (κ2) is 4.66. The average molecular weight is 246 g/mol. The van der Waals surface area contributed by atoms with E-state index in [4.69, 9.17) is 11.6 Å². The molecule has 84 valence electrons. The SMILES string of the molecule is CC(C)c1nsc(N2CCC(Cl)CC2)n1. The largest absolute Gasteiger partial charge is 0.347 e. The standard InChI is InChI=1S/C10H16ClN3S/c1-7(2)9-12-10(15-13-9)14-5-3-8(11)4-6-14/h7-8H,3-6H2,1-2H3. The van der Waals surface area contributed by atoms with Gasteiger partial charge < -0.3 is 4.90 Å². The maximum Gasteiger partial charge on any atom is 0.205 e. The molecule has 1 aliphatic rings. The first-order valence-corrected chi connectivity index (χ1v) is 6.60. The summed E-state index contributed by atoms with van der Waals surface area (Å²) in [5.41, 5.74) is 0. The fraction of sp³-hybridized carbons (Fsp3) is 0.800. The van der Waals surface area contributed by atoms with Gasteiger partial charge in [0.25, 0.3) is 0 Å². The monoisotopic (exact) mass is 245 g/mol. The van der Waals surface area contributed by atoms with Gasteiger partial charge in [-0.3, -0.25) is 0 Å². The van der Waals surface area contributed by atoms with Gasteiger partial charge >= 0.3 is 0 Å². The van der Waals surface area contributed by atoms with E-state index in [2.05, 4.69) is 28.1 Å². The molecule has 0 aromatic carbocycles. The summed E-state index contributed by atoms with van der Waals surface area (Å²) in [6.07, 6.45) is 2.11. The lowest BCUT2D eigenvalue weighted by Crippen LogP contribution is -2.33. The van der Waals surface area contributed by atoms with Crippen molar-refractivity contribution >= 4 is 28.3 Å². The van der Waals surface area contributed by atoms with Crippen LogP contribution in [0, 0.1) is 0 Å². The molecule has 0 amide bonds. The molecule has 1 aliphatic heterocycles. The van der Waals surface area contributed by atoms with Crippen LogP contribution < -0.4 is 4.90 Å². The molecule has 5 heteroatoms. The summed E-state index contributed by atoms with van der Waals surface area (Å²) in [4.78, 5) is 6.84. The van der Waals surface area contributed by atoms with Crippen molar-refractivity contribution in [2.24, 2.45) is 0 Å². The highest BCUT2D eigenvalue weighted by molar-refractivity contribution is 7.09. The Balaban J connectivity index is 2.03. The number of aromatic nitrogens is 2. The van der Waals surface area contributed by atoms with Gasteiger partial charge in [0.2, 0.25) is 5.13 Å². The third-order valence-corrected chi connectivity index (χ3v) is 3.87. The van der Waals surface area contributed by atoms with Gasteiger partial charge in [-0.15, -0.1) is 11.6 Å². The number of hydrogen-bond donors (Lipinski definition) is 0. The molecule has 0 aliphatic carbocycles. The minimum absolute atomic E-state index is 0.346. The fourth-order valence-corrected chi connectivity index (χ4v) is 2.68. The number of alkyl halides is 1. The van der Waals surface area contributed by atoms with E-state index in [1.165, 1.54) is 11.5 Å². The van der Waals surface area contributed by atoms with E-state index in [1.54, 1.807) is 0 Å². The van der Waals surface area contributed by atoms with Crippen molar-refractivity contribution in [2.45, 2.75) is 38.0 Å². The molecular weight excluding hydrogens is 230 g/mol. The quantitative estimate of drug-likeness (QED) is 0.751. The van der Waals surface area contributed by atoms with Gasteiger partial charge in [-0.05, 0) is 12.8 Å². The molecule has 3 nitrogen and oxygen atoms in total. The van der Waals surface area contributed by atoms with Crippen molar-refractivity contribution in [3.63, 3.8) is 0 Å². The lowest BCUT2D eigenvalue weighted by molar-refractivity contribution is 0.583. The van der Waals surface area contributed by atoms with Crippen LogP contribution in [0.3, 0.4) is 0 Å². The number of nitrogens with zero attached hydrogens (tertiary/aromatic N) is 3. The minimum Gasteiger partial charge on any atom is -0.347 e. The first kappa shape index (κ1) is 11.1. The molecule has 1 saturated heterocycles.